The number of hydrogen-bond acceptors (Lipinski definition) is 4. The average molecular weight is 311 g/mol. The molecule has 2 rings (SSSR count). The molecule has 2 saturated heterocycles. The van der Waals surface area contributed by atoms with E-state index in [-0.39, 0.29) is 50.1 Å². The molecule has 4 atom stereocenters. The molecule has 2 fully saturated rings. The Hall–Kier alpha value is 0.280. The van der Waals surface area contributed by atoms with E-state index >= 15 is 0 Å². The molecule has 4 nitrogen and oxygen atoms in total. The monoisotopic (exact) mass is 310 g/mol. The van der Waals surface area contributed by atoms with Crippen LogP contribution in [0.5, 0.6) is 0 Å². The van der Waals surface area contributed by atoms with Crippen LogP contribution < -0.4 is 11.5 Å². The molecule has 0 unspecified atom stereocenters. The fraction of sp³-hybridized carbons (Fsp3) is 1.00. The summed E-state index contributed by atoms with van der Waals surface area (Å²) in [7, 11) is 0. The summed E-state index contributed by atoms with van der Waals surface area (Å²) in [5.74, 6) is 0. The second kappa shape index (κ2) is 11.1. The minimum Gasteiger partial charge on any atom is -0.378 e. The van der Waals surface area contributed by atoms with E-state index in [0.717, 1.165) is 0 Å². The number of alkyl halides is 2. The van der Waals surface area contributed by atoms with E-state index in [9.17, 15) is 8.78 Å². The molecule has 2 aliphatic heterocycles. The third-order valence-electron chi connectivity index (χ3n) is 2.67. The molecule has 2 aliphatic rings. The molecule has 0 aliphatic carbocycles. The van der Waals surface area contributed by atoms with Crippen molar-refractivity contribution < 1.29 is 18.3 Å². The van der Waals surface area contributed by atoms with Crippen LogP contribution in [-0.2, 0) is 9.47 Å². The van der Waals surface area contributed by atoms with E-state index in [1.165, 1.54) is 0 Å². The molecule has 0 radical (unpaired) electrons. The summed E-state index contributed by atoms with van der Waals surface area (Å²) in [5, 5.41) is 0. The summed E-state index contributed by atoms with van der Waals surface area (Å²) >= 11 is 0. The molecule has 2 heterocycles. The molecular formula is C10H22Cl2F2N2O2. The SMILES string of the molecule is Cl.Cl.N[C@@H]1CCOC[C@@H]1F.N[C@H]1CCOC[C@H]1F. The topological polar surface area (TPSA) is 70.5 Å². The van der Waals surface area contributed by atoms with Crippen LogP contribution in [0.2, 0.25) is 0 Å². The van der Waals surface area contributed by atoms with Crippen molar-refractivity contribution in [2.75, 3.05) is 26.4 Å². The normalized spacial score (nSPS) is 35.3. The summed E-state index contributed by atoms with van der Waals surface area (Å²) in [5.41, 5.74) is 10.6. The van der Waals surface area contributed by atoms with Crippen LogP contribution in [0.15, 0.2) is 0 Å². The van der Waals surface area contributed by atoms with Crippen molar-refractivity contribution in [3.8, 4) is 0 Å². The molecule has 0 aromatic heterocycles. The Labute approximate surface area is 119 Å². The Morgan fingerprint density at radius 2 is 1.11 bits per heavy atom. The van der Waals surface area contributed by atoms with Gasteiger partial charge in [0.2, 0.25) is 0 Å². The highest BCUT2D eigenvalue weighted by atomic mass is 35.5. The molecule has 18 heavy (non-hydrogen) atoms. The lowest BCUT2D eigenvalue weighted by Gasteiger charge is -2.21. The smallest absolute Gasteiger partial charge is 0.138 e. The van der Waals surface area contributed by atoms with Gasteiger partial charge in [0.1, 0.15) is 12.3 Å². The van der Waals surface area contributed by atoms with Gasteiger partial charge in [-0.3, -0.25) is 0 Å². The Morgan fingerprint density at radius 1 is 0.778 bits per heavy atom. The zero-order chi connectivity index (χ0) is 12.0. The number of ether oxygens (including phenoxy) is 2. The van der Waals surface area contributed by atoms with Crippen molar-refractivity contribution in [1.29, 1.82) is 0 Å². The molecule has 8 heteroatoms. The Kier molecular flexibility index (Phi) is 12.7. The van der Waals surface area contributed by atoms with E-state index < -0.39 is 12.3 Å². The van der Waals surface area contributed by atoms with Crippen molar-refractivity contribution >= 4 is 24.8 Å². The van der Waals surface area contributed by atoms with Crippen molar-refractivity contribution in [1.82, 2.24) is 0 Å². The standard InChI is InChI=1S/2C5H10FNO.2ClH/c2*6-4-3-8-2-1-5(4)7;;/h2*4-5H,1-3,7H2;2*1H/t2*4-,5+;;/m10../s1. The summed E-state index contributed by atoms with van der Waals surface area (Å²) < 4.78 is 34.2. The van der Waals surface area contributed by atoms with Gasteiger partial charge in [0.15, 0.2) is 0 Å². The molecule has 4 N–H and O–H groups in total. The van der Waals surface area contributed by atoms with Crippen molar-refractivity contribution in [2.24, 2.45) is 11.5 Å². The first-order valence-corrected chi connectivity index (χ1v) is 5.56. The molecule has 0 spiro atoms. The third kappa shape index (κ3) is 7.66. The number of halogens is 4. The van der Waals surface area contributed by atoms with Crippen LogP contribution in [0.25, 0.3) is 0 Å². The lowest BCUT2D eigenvalue weighted by atomic mass is 10.1. The first-order valence-electron chi connectivity index (χ1n) is 5.56. The van der Waals surface area contributed by atoms with Crippen molar-refractivity contribution in [2.45, 2.75) is 37.3 Å². The van der Waals surface area contributed by atoms with Gasteiger partial charge in [0.25, 0.3) is 0 Å². The second-order valence-corrected chi connectivity index (χ2v) is 4.09. The molecule has 0 aromatic rings. The van der Waals surface area contributed by atoms with E-state index in [0.29, 0.717) is 26.1 Å². The Morgan fingerprint density at radius 3 is 1.28 bits per heavy atom. The van der Waals surface area contributed by atoms with Crippen LogP contribution >= 0.6 is 24.8 Å². The van der Waals surface area contributed by atoms with Gasteiger partial charge < -0.3 is 20.9 Å². The molecule has 0 saturated carbocycles. The fourth-order valence-corrected chi connectivity index (χ4v) is 1.44. The summed E-state index contributed by atoms with van der Waals surface area (Å²) in [4.78, 5) is 0. The van der Waals surface area contributed by atoms with E-state index in [2.05, 4.69) is 0 Å². The quantitative estimate of drug-likeness (QED) is 0.700. The minimum atomic E-state index is -0.941. The predicted octanol–water partition coefficient (Wildman–Crippen LogP) is 0.988. The molecular weight excluding hydrogens is 289 g/mol. The van der Waals surface area contributed by atoms with Crippen LogP contribution in [0, 0.1) is 0 Å². The highest BCUT2D eigenvalue weighted by molar-refractivity contribution is 5.85. The predicted molar refractivity (Wildman–Crippen MR) is 71.1 cm³/mol. The Balaban J connectivity index is 0. The molecule has 0 aromatic carbocycles. The molecule has 0 amide bonds. The first-order chi connectivity index (χ1) is 7.61. The van der Waals surface area contributed by atoms with Gasteiger partial charge in [0, 0.05) is 25.3 Å². The second-order valence-electron chi connectivity index (χ2n) is 4.09. The first kappa shape index (κ1) is 20.6. The zero-order valence-corrected chi connectivity index (χ0v) is 11.7. The number of nitrogens with two attached hydrogens (primary N) is 2. The van der Waals surface area contributed by atoms with Crippen LogP contribution in [0.3, 0.4) is 0 Å². The van der Waals surface area contributed by atoms with Crippen LogP contribution in [0.1, 0.15) is 12.8 Å². The summed E-state index contributed by atoms with van der Waals surface area (Å²) in [6.45, 7) is 1.59. The van der Waals surface area contributed by atoms with Gasteiger partial charge in [-0.25, -0.2) is 8.78 Å². The molecule has 0 bridgehead atoms. The van der Waals surface area contributed by atoms with Gasteiger partial charge in [0.05, 0.1) is 13.2 Å². The number of hydrogen-bond donors (Lipinski definition) is 2. The van der Waals surface area contributed by atoms with Gasteiger partial charge >= 0.3 is 0 Å². The lowest BCUT2D eigenvalue weighted by Crippen LogP contribution is -2.39. The van der Waals surface area contributed by atoms with Crippen molar-refractivity contribution in [3.63, 3.8) is 0 Å². The van der Waals surface area contributed by atoms with E-state index in [1.807, 2.05) is 0 Å². The third-order valence-corrected chi connectivity index (χ3v) is 2.67. The van der Waals surface area contributed by atoms with Gasteiger partial charge in [-0.1, -0.05) is 0 Å². The fourth-order valence-electron chi connectivity index (χ4n) is 1.44. The number of rotatable bonds is 0. The Bertz CT molecular complexity index is 167. The summed E-state index contributed by atoms with van der Waals surface area (Å²) in [6.07, 6.45) is -0.574. The maximum Gasteiger partial charge on any atom is 0.138 e. The maximum absolute atomic E-state index is 12.3. The lowest BCUT2D eigenvalue weighted by molar-refractivity contribution is 0.0238. The maximum atomic E-state index is 12.3. The summed E-state index contributed by atoms with van der Waals surface area (Å²) in [6, 6.07) is -0.576. The van der Waals surface area contributed by atoms with Crippen LogP contribution in [-0.4, -0.2) is 50.9 Å². The highest BCUT2D eigenvalue weighted by Gasteiger charge is 2.21. The van der Waals surface area contributed by atoms with Gasteiger partial charge in [-0.2, -0.15) is 0 Å². The van der Waals surface area contributed by atoms with Gasteiger partial charge in [-0.05, 0) is 12.8 Å². The minimum absolute atomic E-state index is 0. The van der Waals surface area contributed by atoms with E-state index in [4.69, 9.17) is 20.9 Å². The zero-order valence-electron chi connectivity index (χ0n) is 10.1. The largest absolute Gasteiger partial charge is 0.378 e. The average Bonchev–Trinajstić information content (AvgIpc) is 2.28. The van der Waals surface area contributed by atoms with Gasteiger partial charge in [-0.15, -0.1) is 24.8 Å². The molecule has 112 valence electrons. The van der Waals surface area contributed by atoms with Crippen molar-refractivity contribution in [3.05, 3.63) is 0 Å². The van der Waals surface area contributed by atoms with E-state index in [1.54, 1.807) is 0 Å². The highest BCUT2D eigenvalue weighted by Crippen LogP contribution is 2.08. The van der Waals surface area contributed by atoms with Crippen LogP contribution in [0.4, 0.5) is 8.78 Å².